The lowest BCUT2D eigenvalue weighted by atomic mass is 10.3. The lowest BCUT2D eigenvalue weighted by Gasteiger charge is -1.83. The summed E-state index contributed by atoms with van der Waals surface area (Å²) in [5.74, 6) is -0.503. The van der Waals surface area contributed by atoms with Gasteiger partial charge in [0.05, 0.1) is 0 Å². The summed E-state index contributed by atoms with van der Waals surface area (Å²) in [7, 11) is 0. The van der Waals surface area contributed by atoms with Crippen LogP contribution in [0.5, 0.6) is 6.08 Å². The van der Waals surface area contributed by atoms with Crippen LogP contribution in [0.15, 0.2) is 4.42 Å². The quantitative estimate of drug-likeness (QED) is 0.623. The van der Waals surface area contributed by atoms with Crippen LogP contribution in [0.25, 0.3) is 0 Å². The fourth-order valence-corrected chi connectivity index (χ4v) is 0.692. The van der Waals surface area contributed by atoms with Crippen LogP contribution in [-0.4, -0.2) is 17.4 Å². The first-order chi connectivity index (χ1) is 5.65. The van der Waals surface area contributed by atoms with Gasteiger partial charge in [-0.3, -0.25) is 9.59 Å². The van der Waals surface area contributed by atoms with E-state index in [9.17, 15) is 9.59 Å². The minimum Gasteiger partial charge on any atom is -0.413 e. The number of hydrogen-bond acceptors (Lipinski definition) is 5. The molecule has 0 aliphatic rings. The van der Waals surface area contributed by atoms with Crippen molar-refractivity contribution in [2.75, 3.05) is 0 Å². The maximum atomic E-state index is 10.6. The molecule has 1 rings (SSSR count). The SMILES string of the molecule is Cc1oc(OC=O)nc1C(N)=O. The highest BCUT2D eigenvalue weighted by atomic mass is 16.6. The highest BCUT2D eigenvalue weighted by Crippen LogP contribution is 2.14. The fourth-order valence-electron chi connectivity index (χ4n) is 0.692. The number of nitrogens with two attached hydrogens (primary N) is 1. The van der Waals surface area contributed by atoms with Gasteiger partial charge in [-0.2, -0.15) is 4.98 Å². The Bertz CT molecular complexity index is 317. The Kier molecular flexibility index (Phi) is 2.09. The maximum Gasteiger partial charge on any atom is 0.402 e. The van der Waals surface area contributed by atoms with Crippen molar-refractivity contribution in [3.8, 4) is 6.08 Å². The van der Waals surface area contributed by atoms with E-state index in [1.807, 2.05) is 0 Å². The second-order valence-electron chi connectivity index (χ2n) is 1.96. The lowest BCUT2D eigenvalue weighted by Crippen LogP contribution is -2.12. The average molecular weight is 170 g/mol. The number of nitrogens with zero attached hydrogens (tertiary/aromatic N) is 1. The Labute approximate surface area is 67.3 Å². The van der Waals surface area contributed by atoms with Crippen molar-refractivity contribution in [1.82, 2.24) is 4.98 Å². The van der Waals surface area contributed by atoms with E-state index in [4.69, 9.17) is 10.2 Å². The molecule has 0 radical (unpaired) electrons. The summed E-state index contributed by atoms with van der Waals surface area (Å²) < 4.78 is 9.00. The second-order valence-corrected chi connectivity index (χ2v) is 1.96. The molecule has 64 valence electrons. The highest BCUT2D eigenvalue weighted by molar-refractivity contribution is 5.91. The zero-order valence-corrected chi connectivity index (χ0v) is 6.23. The number of aromatic nitrogens is 1. The number of primary amides is 1. The average Bonchev–Trinajstić information content (AvgIpc) is 2.32. The van der Waals surface area contributed by atoms with Crippen molar-refractivity contribution >= 4 is 12.4 Å². The first-order valence-corrected chi connectivity index (χ1v) is 3.02. The van der Waals surface area contributed by atoms with Crippen LogP contribution in [0.3, 0.4) is 0 Å². The third kappa shape index (κ3) is 1.42. The van der Waals surface area contributed by atoms with Crippen molar-refractivity contribution in [1.29, 1.82) is 0 Å². The minimum atomic E-state index is -0.725. The molecule has 1 heterocycles. The Morgan fingerprint density at radius 1 is 1.75 bits per heavy atom. The first kappa shape index (κ1) is 8.25. The van der Waals surface area contributed by atoms with Crippen LogP contribution in [-0.2, 0) is 4.79 Å². The predicted molar refractivity (Wildman–Crippen MR) is 36.4 cm³/mol. The molecule has 0 aromatic carbocycles. The molecule has 0 aliphatic carbocycles. The van der Waals surface area contributed by atoms with Gasteiger partial charge in [-0.25, -0.2) is 0 Å². The molecule has 0 saturated carbocycles. The van der Waals surface area contributed by atoms with E-state index in [0.29, 0.717) is 0 Å². The van der Waals surface area contributed by atoms with Gasteiger partial charge in [-0.05, 0) is 6.92 Å². The predicted octanol–water partition coefficient (Wildman–Crippen LogP) is -0.383. The lowest BCUT2D eigenvalue weighted by molar-refractivity contribution is -0.122. The molecule has 2 N–H and O–H groups in total. The van der Waals surface area contributed by atoms with Gasteiger partial charge < -0.3 is 14.9 Å². The van der Waals surface area contributed by atoms with Crippen molar-refractivity contribution in [2.45, 2.75) is 6.92 Å². The van der Waals surface area contributed by atoms with Crippen molar-refractivity contribution < 1.29 is 18.7 Å². The number of ether oxygens (including phenoxy) is 1. The highest BCUT2D eigenvalue weighted by Gasteiger charge is 2.14. The fraction of sp³-hybridized carbons (Fsp3) is 0.167. The van der Waals surface area contributed by atoms with Crippen LogP contribution >= 0.6 is 0 Å². The van der Waals surface area contributed by atoms with Gasteiger partial charge in [-0.1, -0.05) is 0 Å². The van der Waals surface area contributed by atoms with E-state index < -0.39 is 5.91 Å². The Morgan fingerprint density at radius 3 is 2.83 bits per heavy atom. The zero-order valence-electron chi connectivity index (χ0n) is 6.23. The Balaban J connectivity index is 2.99. The van der Waals surface area contributed by atoms with E-state index in [0.717, 1.165) is 0 Å². The molecule has 0 fully saturated rings. The molecule has 6 nitrogen and oxygen atoms in total. The van der Waals surface area contributed by atoms with E-state index in [2.05, 4.69) is 9.72 Å². The topological polar surface area (TPSA) is 95.4 Å². The monoisotopic (exact) mass is 170 g/mol. The van der Waals surface area contributed by atoms with E-state index >= 15 is 0 Å². The molecule has 6 heteroatoms. The molecule has 0 unspecified atom stereocenters. The summed E-state index contributed by atoms with van der Waals surface area (Å²) in [6.07, 6.45) is -0.281. The van der Waals surface area contributed by atoms with Crippen molar-refractivity contribution in [3.63, 3.8) is 0 Å². The van der Waals surface area contributed by atoms with Gasteiger partial charge in [0.1, 0.15) is 5.76 Å². The first-order valence-electron chi connectivity index (χ1n) is 3.02. The molecular formula is C6H6N2O4. The summed E-state index contributed by atoms with van der Waals surface area (Å²) in [4.78, 5) is 23.9. The number of amides is 1. The molecule has 1 aromatic rings. The second kappa shape index (κ2) is 3.04. The van der Waals surface area contributed by atoms with Crippen molar-refractivity contribution in [2.24, 2.45) is 5.73 Å². The molecule has 0 spiro atoms. The van der Waals surface area contributed by atoms with Crippen LogP contribution in [0.2, 0.25) is 0 Å². The van der Waals surface area contributed by atoms with Crippen LogP contribution in [0.4, 0.5) is 0 Å². The van der Waals surface area contributed by atoms with E-state index in [1.165, 1.54) is 6.92 Å². The molecule has 0 saturated heterocycles. The summed E-state index contributed by atoms with van der Waals surface area (Å²) in [5, 5.41) is 0. The van der Waals surface area contributed by atoms with E-state index in [-0.39, 0.29) is 24.0 Å². The number of oxazole rings is 1. The van der Waals surface area contributed by atoms with Crippen LogP contribution in [0.1, 0.15) is 16.2 Å². The van der Waals surface area contributed by atoms with Crippen LogP contribution in [0, 0.1) is 6.92 Å². The molecule has 0 aliphatic heterocycles. The Morgan fingerprint density at radius 2 is 2.42 bits per heavy atom. The van der Waals surface area contributed by atoms with Crippen LogP contribution < -0.4 is 10.5 Å². The van der Waals surface area contributed by atoms with Gasteiger partial charge in [0.25, 0.3) is 5.91 Å². The summed E-state index contributed by atoms with van der Waals surface area (Å²) >= 11 is 0. The third-order valence-electron chi connectivity index (χ3n) is 1.16. The standard InChI is InChI=1S/C6H6N2O4/c1-3-4(5(7)10)8-6(12-3)11-2-9/h2H,1H3,(H2,7,10). The van der Waals surface area contributed by atoms with Crippen molar-refractivity contribution in [3.05, 3.63) is 11.5 Å². The molecular weight excluding hydrogens is 164 g/mol. The molecule has 1 amide bonds. The number of carbonyl (C=O) groups excluding carboxylic acids is 2. The normalized spacial score (nSPS) is 9.42. The van der Waals surface area contributed by atoms with E-state index in [1.54, 1.807) is 0 Å². The minimum absolute atomic E-state index is 0.0353. The van der Waals surface area contributed by atoms with Gasteiger partial charge in [0.15, 0.2) is 5.69 Å². The summed E-state index contributed by atoms with van der Waals surface area (Å²) in [5.41, 5.74) is 4.88. The summed E-state index contributed by atoms with van der Waals surface area (Å²) in [6.45, 7) is 1.64. The number of aryl methyl sites for hydroxylation is 1. The Hall–Kier alpha value is -1.85. The molecule has 0 bridgehead atoms. The summed E-state index contributed by atoms with van der Waals surface area (Å²) in [6, 6.07) is 0. The smallest absolute Gasteiger partial charge is 0.402 e. The third-order valence-corrected chi connectivity index (χ3v) is 1.16. The largest absolute Gasteiger partial charge is 0.413 e. The zero-order chi connectivity index (χ0) is 9.14. The number of carbonyl (C=O) groups is 2. The van der Waals surface area contributed by atoms with Gasteiger partial charge in [-0.15, -0.1) is 0 Å². The van der Waals surface area contributed by atoms with Gasteiger partial charge >= 0.3 is 12.5 Å². The van der Waals surface area contributed by atoms with Gasteiger partial charge in [0.2, 0.25) is 0 Å². The number of rotatable bonds is 3. The molecule has 12 heavy (non-hydrogen) atoms. The van der Waals surface area contributed by atoms with Gasteiger partial charge in [0, 0.05) is 0 Å². The maximum absolute atomic E-state index is 10.6. The number of hydrogen-bond donors (Lipinski definition) is 1. The molecule has 1 aromatic heterocycles. The molecule has 0 atom stereocenters.